The lowest BCUT2D eigenvalue weighted by Crippen LogP contribution is -2.40. The molecule has 0 bridgehead atoms. The molecule has 2 rings (SSSR count). The van der Waals surface area contributed by atoms with E-state index in [4.69, 9.17) is 0 Å². The van der Waals surface area contributed by atoms with Crippen molar-refractivity contribution in [2.45, 2.75) is 39.3 Å². The number of fused-ring (bicyclic) bond motifs is 1. The second kappa shape index (κ2) is 6.16. The molecule has 2 aromatic rings. The molecular formula is C16H23N3O2. The lowest BCUT2D eigenvalue weighted by atomic mass is 10.1. The van der Waals surface area contributed by atoms with Crippen LogP contribution in [-0.4, -0.2) is 33.0 Å². The average Bonchev–Trinajstić information content (AvgIpc) is 2.74. The van der Waals surface area contributed by atoms with E-state index in [2.05, 4.69) is 13.8 Å². The second-order valence-electron chi connectivity index (χ2n) is 5.39. The molecular weight excluding hydrogens is 266 g/mol. The van der Waals surface area contributed by atoms with Gasteiger partial charge in [-0.05, 0) is 25.0 Å². The van der Waals surface area contributed by atoms with Crippen molar-refractivity contribution in [3.63, 3.8) is 0 Å². The van der Waals surface area contributed by atoms with Crippen molar-refractivity contribution in [2.75, 3.05) is 7.05 Å². The van der Waals surface area contributed by atoms with E-state index >= 15 is 0 Å². The first-order valence-electron chi connectivity index (χ1n) is 7.41. The molecule has 5 nitrogen and oxygen atoms in total. The highest BCUT2D eigenvalue weighted by atomic mass is 16.2. The Hall–Kier alpha value is -2.04. The number of aryl methyl sites for hydroxylation is 1. The summed E-state index contributed by atoms with van der Waals surface area (Å²) in [5, 5.41) is 0. The number of aromatic nitrogens is 2. The van der Waals surface area contributed by atoms with E-state index in [-0.39, 0.29) is 24.2 Å². The SMILES string of the molecule is CCC(CC)N(C)C(=O)Cn1c(=O)n(C)c2ccccc21. The number of imidazole rings is 1. The first-order valence-corrected chi connectivity index (χ1v) is 7.41. The lowest BCUT2D eigenvalue weighted by molar-refractivity contribution is -0.132. The zero-order valence-electron chi connectivity index (χ0n) is 13.2. The smallest absolute Gasteiger partial charge is 0.329 e. The highest BCUT2D eigenvalue weighted by Gasteiger charge is 2.19. The molecule has 1 amide bonds. The van der Waals surface area contributed by atoms with Gasteiger partial charge in [0.15, 0.2) is 0 Å². The predicted octanol–water partition coefficient (Wildman–Crippen LogP) is 1.99. The van der Waals surface area contributed by atoms with Crippen molar-refractivity contribution in [1.29, 1.82) is 0 Å². The van der Waals surface area contributed by atoms with Crippen molar-refractivity contribution in [3.8, 4) is 0 Å². The van der Waals surface area contributed by atoms with E-state index in [9.17, 15) is 9.59 Å². The number of para-hydroxylation sites is 2. The molecule has 0 aliphatic rings. The van der Waals surface area contributed by atoms with Crippen molar-refractivity contribution >= 4 is 16.9 Å². The normalized spacial score (nSPS) is 11.3. The fraction of sp³-hybridized carbons (Fsp3) is 0.500. The van der Waals surface area contributed by atoms with Crippen LogP contribution in [0.15, 0.2) is 29.1 Å². The molecule has 0 N–H and O–H groups in total. The third-order valence-corrected chi connectivity index (χ3v) is 4.23. The fourth-order valence-electron chi connectivity index (χ4n) is 2.80. The summed E-state index contributed by atoms with van der Waals surface area (Å²) in [5.41, 5.74) is 1.50. The summed E-state index contributed by atoms with van der Waals surface area (Å²) >= 11 is 0. The topological polar surface area (TPSA) is 47.2 Å². The van der Waals surface area contributed by atoms with E-state index in [1.54, 1.807) is 21.1 Å². The predicted molar refractivity (Wildman–Crippen MR) is 84.3 cm³/mol. The minimum atomic E-state index is -0.150. The maximum absolute atomic E-state index is 12.4. The molecule has 0 saturated carbocycles. The number of benzene rings is 1. The fourth-order valence-corrected chi connectivity index (χ4v) is 2.80. The Bertz CT molecular complexity index is 695. The standard InChI is InChI=1S/C16H23N3O2/c1-5-12(6-2)17(3)15(20)11-19-14-10-8-7-9-13(14)18(4)16(19)21/h7-10,12H,5-6,11H2,1-4H3. The molecule has 0 unspecified atom stereocenters. The van der Waals surface area contributed by atoms with Crippen LogP contribution in [0.4, 0.5) is 0 Å². The lowest BCUT2D eigenvalue weighted by Gasteiger charge is -2.26. The quantitative estimate of drug-likeness (QED) is 0.845. The van der Waals surface area contributed by atoms with E-state index in [1.165, 1.54) is 0 Å². The Balaban J connectivity index is 2.34. The maximum Gasteiger partial charge on any atom is 0.329 e. The van der Waals surface area contributed by atoms with Gasteiger partial charge in [-0.15, -0.1) is 0 Å². The number of hydrogen-bond acceptors (Lipinski definition) is 2. The van der Waals surface area contributed by atoms with Crippen molar-refractivity contribution in [1.82, 2.24) is 14.0 Å². The highest BCUT2D eigenvalue weighted by molar-refractivity contribution is 5.81. The zero-order valence-corrected chi connectivity index (χ0v) is 13.2. The molecule has 0 aliphatic carbocycles. The molecule has 114 valence electrons. The van der Waals surface area contributed by atoms with Gasteiger partial charge in [0, 0.05) is 20.1 Å². The van der Waals surface area contributed by atoms with Crippen LogP contribution in [0.25, 0.3) is 11.0 Å². The minimum Gasteiger partial charge on any atom is -0.341 e. The van der Waals surface area contributed by atoms with E-state index < -0.39 is 0 Å². The molecule has 0 spiro atoms. The molecule has 5 heteroatoms. The van der Waals surface area contributed by atoms with Crippen LogP contribution in [-0.2, 0) is 18.4 Å². The van der Waals surface area contributed by atoms with Crippen LogP contribution in [0.1, 0.15) is 26.7 Å². The van der Waals surface area contributed by atoms with Gasteiger partial charge in [-0.3, -0.25) is 13.9 Å². The van der Waals surface area contributed by atoms with E-state index in [0.717, 1.165) is 23.9 Å². The molecule has 0 aliphatic heterocycles. The minimum absolute atomic E-state index is 0.0258. The largest absolute Gasteiger partial charge is 0.341 e. The van der Waals surface area contributed by atoms with E-state index in [0.29, 0.717) is 0 Å². The Morgan fingerprint density at radius 3 is 2.33 bits per heavy atom. The highest BCUT2D eigenvalue weighted by Crippen LogP contribution is 2.13. The van der Waals surface area contributed by atoms with Gasteiger partial charge in [-0.1, -0.05) is 26.0 Å². The van der Waals surface area contributed by atoms with Crippen molar-refractivity contribution in [2.24, 2.45) is 7.05 Å². The third-order valence-electron chi connectivity index (χ3n) is 4.23. The number of carbonyl (C=O) groups excluding carboxylic acids is 1. The molecule has 1 aromatic carbocycles. The summed E-state index contributed by atoms with van der Waals surface area (Å²) in [6.07, 6.45) is 1.84. The van der Waals surface area contributed by atoms with Crippen LogP contribution in [0.2, 0.25) is 0 Å². The van der Waals surface area contributed by atoms with Gasteiger partial charge >= 0.3 is 5.69 Å². The first kappa shape index (κ1) is 15.4. The van der Waals surface area contributed by atoms with Crippen LogP contribution >= 0.6 is 0 Å². The summed E-state index contributed by atoms with van der Waals surface area (Å²) < 4.78 is 3.14. The van der Waals surface area contributed by atoms with Gasteiger partial charge in [-0.25, -0.2) is 4.79 Å². The van der Waals surface area contributed by atoms with Crippen LogP contribution in [0, 0.1) is 0 Å². The maximum atomic E-state index is 12.4. The average molecular weight is 289 g/mol. The van der Waals surface area contributed by atoms with Gasteiger partial charge in [0.2, 0.25) is 5.91 Å². The van der Waals surface area contributed by atoms with Crippen LogP contribution in [0.5, 0.6) is 0 Å². The Morgan fingerprint density at radius 2 is 1.76 bits per heavy atom. The second-order valence-corrected chi connectivity index (χ2v) is 5.39. The Morgan fingerprint density at radius 1 is 1.19 bits per heavy atom. The zero-order chi connectivity index (χ0) is 15.6. The van der Waals surface area contributed by atoms with Crippen molar-refractivity contribution < 1.29 is 4.79 Å². The van der Waals surface area contributed by atoms with Gasteiger partial charge in [0.25, 0.3) is 0 Å². The number of nitrogens with zero attached hydrogens (tertiary/aromatic N) is 3. The number of likely N-dealkylation sites (N-methyl/N-ethyl adjacent to an activating group) is 1. The summed E-state index contributed by atoms with van der Waals surface area (Å²) in [6, 6.07) is 7.77. The molecule has 1 aromatic heterocycles. The first-order chi connectivity index (χ1) is 10.0. The monoisotopic (exact) mass is 289 g/mol. The number of amides is 1. The molecule has 0 radical (unpaired) electrons. The van der Waals surface area contributed by atoms with Gasteiger partial charge < -0.3 is 4.90 Å². The third kappa shape index (κ3) is 2.73. The summed E-state index contributed by atoms with van der Waals surface area (Å²) in [6.45, 7) is 4.23. The van der Waals surface area contributed by atoms with Crippen LogP contribution < -0.4 is 5.69 Å². The van der Waals surface area contributed by atoms with E-state index in [1.807, 2.05) is 31.3 Å². The summed E-state index contributed by atoms with van der Waals surface area (Å²) in [4.78, 5) is 26.5. The van der Waals surface area contributed by atoms with Crippen molar-refractivity contribution in [3.05, 3.63) is 34.7 Å². The molecule has 1 heterocycles. The molecule has 21 heavy (non-hydrogen) atoms. The number of rotatable bonds is 5. The Kier molecular flexibility index (Phi) is 4.50. The van der Waals surface area contributed by atoms with Gasteiger partial charge in [0.05, 0.1) is 11.0 Å². The Labute approximate surface area is 124 Å². The number of hydrogen-bond donors (Lipinski definition) is 0. The van der Waals surface area contributed by atoms with Gasteiger partial charge in [0.1, 0.15) is 6.54 Å². The number of carbonyl (C=O) groups is 1. The summed E-state index contributed by atoms with van der Waals surface area (Å²) in [7, 11) is 3.55. The molecule has 0 atom stereocenters. The van der Waals surface area contributed by atoms with Gasteiger partial charge in [-0.2, -0.15) is 0 Å². The molecule has 0 saturated heterocycles. The van der Waals surface area contributed by atoms with Crippen LogP contribution in [0.3, 0.4) is 0 Å². The molecule has 0 fully saturated rings. The summed E-state index contributed by atoms with van der Waals surface area (Å²) in [5.74, 6) is -0.0258.